The van der Waals surface area contributed by atoms with Gasteiger partial charge in [0, 0.05) is 13.2 Å². The zero-order valence-electron chi connectivity index (χ0n) is 28.3. The number of ether oxygens (including phenoxy) is 12. The Bertz CT molecular complexity index is 504. The van der Waals surface area contributed by atoms with E-state index in [1.165, 1.54) is 12.8 Å². The summed E-state index contributed by atoms with van der Waals surface area (Å²) in [5.41, 5.74) is 0. The maximum atomic E-state index is 5.53. The van der Waals surface area contributed by atoms with Crippen LogP contribution in [0.25, 0.3) is 0 Å². The zero-order chi connectivity index (χ0) is 31.9. The van der Waals surface area contributed by atoms with Crippen molar-refractivity contribution in [1.82, 2.24) is 0 Å². The van der Waals surface area contributed by atoms with Gasteiger partial charge in [0.25, 0.3) is 0 Å². The lowest BCUT2D eigenvalue weighted by atomic mass is 10.1. The smallest absolute Gasteiger partial charge is 0.0701 e. The number of rotatable bonds is 40. The third-order valence-corrected chi connectivity index (χ3v) is 6.08. The minimum atomic E-state index is 0.521. The highest BCUT2D eigenvalue weighted by Gasteiger charge is 1.99. The van der Waals surface area contributed by atoms with E-state index >= 15 is 0 Å². The summed E-state index contributed by atoms with van der Waals surface area (Å²) in [4.78, 5) is 0. The molecule has 0 rings (SSSR count). The second-order valence-electron chi connectivity index (χ2n) is 10.0. The van der Waals surface area contributed by atoms with Crippen molar-refractivity contribution in [1.29, 1.82) is 0 Å². The van der Waals surface area contributed by atoms with Gasteiger partial charge in [-0.3, -0.25) is 0 Å². The molecule has 0 amide bonds. The first-order valence-electron chi connectivity index (χ1n) is 16.7. The van der Waals surface area contributed by atoms with Gasteiger partial charge in [-0.15, -0.1) is 0 Å². The number of hydrogen-bond acceptors (Lipinski definition) is 12. The number of hydrogen-bond donors (Lipinski definition) is 0. The van der Waals surface area contributed by atoms with Gasteiger partial charge in [-0.1, -0.05) is 40.0 Å². The minimum Gasteiger partial charge on any atom is -0.379 e. The van der Waals surface area contributed by atoms with Crippen LogP contribution >= 0.6 is 0 Å². The van der Waals surface area contributed by atoms with Gasteiger partial charge >= 0.3 is 0 Å². The van der Waals surface area contributed by atoms with Gasteiger partial charge in [-0.05, 0) is 12.3 Å². The Morgan fingerprint density at radius 2 is 0.523 bits per heavy atom. The van der Waals surface area contributed by atoms with E-state index in [4.69, 9.17) is 56.8 Å². The van der Waals surface area contributed by atoms with E-state index in [0.717, 1.165) is 26.1 Å². The molecule has 266 valence electrons. The third kappa shape index (κ3) is 39.5. The average molecular weight is 643 g/mol. The Kier molecular flexibility index (Phi) is 40.1. The second kappa shape index (κ2) is 40.5. The molecular formula is C32H66O12. The van der Waals surface area contributed by atoms with E-state index in [0.29, 0.717) is 151 Å². The van der Waals surface area contributed by atoms with Crippen molar-refractivity contribution >= 4 is 0 Å². The van der Waals surface area contributed by atoms with Gasteiger partial charge in [0.2, 0.25) is 0 Å². The summed E-state index contributed by atoms with van der Waals surface area (Å²) in [7, 11) is 0. The maximum absolute atomic E-state index is 5.53. The second-order valence-corrected chi connectivity index (χ2v) is 10.0. The fraction of sp³-hybridized carbons (Fsp3) is 1.00. The van der Waals surface area contributed by atoms with E-state index in [1.54, 1.807) is 0 Å². The summed E-state index contributed by atoms with van der Waals surface area (Å²) in [6.45, 7) is 20.3. The van der Waals surface area contributed by atoms with Crippen LogP contribution in [0, 0.1) is 5.92 Å². The molecule has 0 aromatic rings. The largest absolute Gasteiger partial charge is 0.379 e. The molecule has 0 spiro atoms. The van der Waals surface area contributed by atoms with Crippen LogP contribution in [0.2, 0.25) is 0 Å². The van der Waals surface area contributed by atoms with Gasteiger partial charge in [-0.2, -0.15) is 0 Å². The molecule has 0 saturated carbocycles. The monoisotopic (exact) mass is 642 g/mol. The van der Waals surface area contributed by atoms with E-state index < -0.39 is 0 Å². The Hall–Kier alpha value is -0.480. The van der Waals surface area contributed by atoms with Gasteiger partial charge in [0.05, 0.1) is 145 Å². The molecule has 0 saturated heterocycles. The highest BCUT2D eigenvalue weighted by atomic mass is 16.6. The average Bonchev–Trinajstić information content (AvgIpc) is 3.04. The lowest BCUT2D eigenvalue weighted by Crippen LogP contribution is -2.15. The summed E-state index contributed by atoms with van der Waals surface area (Å²) < 4.78 is 65.8. The van der Waals surface area contributed by atoms with Crippen molar-refractivity contribution in [3.63, 3.8) is 0 Å². The van der Waals surface area contributed by atoms with Gasteiger partial charge in [-0.25, -0.2) is 0 Å². The Morgan fingerprint density at radius 1 is 0.295 bits per heavy atom. The fourth-order valence-electron chi connectivity index (χ4n) is 3.28. The van der Waals surface area contributed by atoms with Crippen molar-refractivity contribution < 1.29 is 56.8 Å². The zero-order valence-corrected chi connectivity index (χ0v) is 28.3. The molecule has 0 bridgehead atoms. The fourth-order valence-corrected chi connectivity index (χ4v) is 3.28. The summed E-state index contributed by atoms with van der Waals surface area (Å²) in [5.74, 6) is 0.599. The van der Waals surface area contributed by atoms with Crippen LogP contribution in [0.4, 0.5) is 0 Å². The quantitative estimate of drug-likeness (QED) is 0.0914. The van der Waals surface area contributed by atoms with Crippen LogP contribution in [-0.2, 0) is 56.8 Å². The summed E-state index contributed by atoms with van der Waals surface area (Å²) in [5, 5.41) is 0. The van der Waals surface area contributed by atoms with Gasteiger partial charge in [0.1, 0.15) is 0 Å². The molecule has 12 heteroatoms. The molecule has 0 aliphatic carbocycles. The van der Waals surface area contributed by atoms with E-state index in [1.807, 2.05) is 0 Å². The molecule has 0 aromatic heterocycles. The lowest BCUT2D eigenvalue weighted by molar-refractivity contribution is -0.0286. The topological polar surface area (TPSA) is 111 Å². The molecule has 0 heterocycles. The highest BCUT2D eigenvalue weighted by molar-refractivity contribution is 4.46. The van der Waals surface area contributed by atoms with Crippen molar-refractivity contribution in [2.45, 2.75) is 46.5 Å². The van der Waals surface area contributed by atoms with Crippen molar-refractivity contribution in [2.75, 3.05) is 159 Å². The molecular weight excluding hydrogens is 576 g/mol. The van der Waals surface area contributed by atoms with Crippen LogP contribution in [0.15, 0.2) is 0 Å². The Labute approximate surface area is 267 Å². The third-order valence-electron chi connectivity index (χ3n) is 6.08. The molecule has 1 atom stereocenters. The summed E-state index contributed by atoms with van der Waals surface area (Å²) >= 11 is 0. The van der Waals surface area contributed by atoms with Crippen LogP contribution in [0.1, 0.15) is 46.5 Å². The predicted octanol–water partition coefficient (Wildman–Crippen LogP) is 3.42. The van der Waals surface area contributed by atoms with Gasteiger partial charge in [0.15, 0.2) is 0 Å². The van der Waals surface area contributed by atoms with Crippen molar-refractivity contribution in [2.24, 2.45) is 5.92 Å². The standard InChI is InChI=1S/C32H66O12/c1-4-6-7-8-33-9-10-34-11-12-35-13-14-36-15-16-37-17-18-38-19-20-39-21-22-40-23-24-41-25-26-42-27-28-43-29-30-44-31-32(3)5-2/h32H,4-31H2,1-3H3. The van der Waals surface area contributed by atoms with E-state index in [2.05, 4.69) is 20.8 Å². The van der Waals surface area contributed by atoms with Crippen LogP contribution < -0.4 is 0 Å². The predicted molar refractivity (Wildman–Crippen MR) is 169 cm³/mol. The lowest BCUT2D eigenvalue weighted by Gasteiger charge is -2.10. The minimum absolute atomic E-state index is 0.521. The molecule has 0 aromatic carbocycles. The van der Waals surface area contributed by atoms with Gasteiger partial charge < -0.3 is 56.8 Å². The highest BCUT2D eigenvalue weighted by Crippen LogP contribution is 2.00. The molecule has 0 aliphatic heterocycles. The SMILES string of the molecule is CCCCCOCCOCCOCCOCCOCCOCCOCCOCCOCCOCCOCCOCC(C)CC. The Balaban J connectivity index is 3.04. The van der Waals surface area contributed by atoms with Crippen LogP contribution in [-0.4, -0.2) is 159 Å². The normalized spacial score (nSPS) is 12.3. The molecule has 0 N–H and O–H groups in total. The van der Waals surface area contributed by atoms with E-state index in [-0.39, 0.29) is 0 Å². The molecule has 44 heavy (non-hydrogen) atoms. The molecule has 0 aliphatic rings. The first-order valence-corrected chi connectivity index (χ1v) is 16.7. The number of unbranched alkanes of at least 4 members (excludes halogenated alkanes) is 2. The van der Waals surface area contributed by atoms with E-state index in [9.17, 15) is 0 Å². The summed E-state index contributed by atoms with van der Waals surface area (Å²) in [6.07, 6.45) is 4.68. The van der Waals surface area contributed by atoms with Crippen LogP contribution in [0.5, 0.6) is 0 Å². The van der Waals surface area contributed by atoms with Crippen molar-refractivity contribution in [3.8, 4) is 0 Å². The molecule has 1 unspecified atom stereocenters. The van der Waals surface area contributed by atoms with Crippen molar-refractivity contribution in [3.05, 3.63) is 0 Å². The van der Waals surface area contributed by atoms with Crippen LogP contribution in [0.3, 0.4) is 0 Å². The first-order chi connectivity index (χ1) is 21.8. The molecule has 0 fully saturated rings. The summed E-state index contributed by atoms with van der Waals surface area (Å²) in [6, 6.07) is 0. The molecule has 0 radical (unpaired) electrons. The maximum Gasteiger partial charge on any atom is 0.0701 e. The molecule has 12 nitrogen and oxygen atoms in total. The Morgan fingerprint density at radius 3 is 0.750 bits per heavy atom. The first kappa shape index (κ1) is 43.5.